The van der Waals surface area contributed by atoms with E-state index in [0.29, 0.717) is 12.0 Å². The number of hydrogen-bond donors (Lipinski definition) is 1. The van der Waals surface area contributed by atoms with E-state index in [0.717, 1.165) is 45.4 Å². The molecule has 122 valence electrons. The van der Waals surface area contributed by atoms with E-state index in [-0.39, 0.29) is 6.42 Å². The Labute approximate surface area is 132 Å². The second kappa shape index (κ2) is 8.86. The molecule has 0 bridgehead atoms. The van der Waals surface area contributed by atoms with Gasteiger partial charge in [-0.05, 0) is 44.5 Å². The van der Waals surface area contributed by atoms with Gasteiger partial charge in [-0.25, -0.2) is 0 Å². The van der Waals surface area contributed by atoms with Crippen LogP contribution in [0, 0.1) is 5.92 Å². The van der Waals surface area contributed by atoms with Crippen molar-refractivity contribution in [3.05, 3.63) is 30.1 Å². The van der Waals surface area contributed by atoms with Crippen LogP contribution in [0.5, 0.6) is 0 Å². The van der Waals surface area contributed by atoms with E-state index < -0.39 is 5.97 Å². The van der Waals surface area contributed by atoms with Crippen LogP contribution in [0.15, 0.2) is 24.5 Å². The van der Waals surface area contributed by atoms with Gasteiger partial charge in [-0.15, -0.1) is 0 Å². The molecule has 0 spiro atoms. The summed E-state index contributed by atoms with van der Waals surface area (Å²) in [7, 11) is 2.16. The zero-order chi connectivity index (χ0) is 15.8. The van der Waals surface area contributed by atoms with Gasteiger partial charge in [0.1, 0.15) is 0 Å². The highest BCUT2D eigenvalue weighted by molar-refractivity contribution is 5.66. The summed E-state index contributed by atoms with van der Waals surface area (Å²) in [6.45, 7) is 2.58. The average molecular weight is 306 g/mol. The Bertz CT molecular complexity index is 452. The molecule has 5 heteroatoms. The van der Waals surface area contributed by atoms with E-state index in [1.165, 1.54) is 5.56 Å². The van der Waals surface area contributed by atoms with Crippen LogP contribution < -0.4 is 0 Å². The summed E-state index contributed by atoms with van der Waals surface area (Å²) in [6, 6.07) is 4.51. The Kier molecular flexibility index (Phi) is 6.80. The molecule has 1 fully saturated rings. The summed E-state index contributed by atoms with van der Waals surface area (Å²) >= 11 is 0. The molecule has 0 aromatic carbocycles. The van der Waals surface area contributed by atoms with E-state index >= 15 is 0 Å². The quantitative estimate of drug-likeness (QED) is 0.711. The van der Waals surface area contributed by atoms with E-state index in [9.17, 15) is 4.79 Å². The lowest BCUT2D eigenvalue weighted by atomic mass is 9.96. The highest BCUT2D eigenvalue weighted by Crippen LogP contribution is 2.35. The number of pyridine rings is 1. The summed E-state index contributed by atoms with van der Waals surface area (Å²) in [4.78, 5) is 17.0. The first-order valence-corrected chi connectivity index (χ1v) is 8.08. The molecule has 1 N–H and O–H groups in total. The number of likely N-dealkylation sites (tertiary alicyclic amines) is 1. The number of ether oxygens (including phenoxy) is 1. The highest BCUT2D eigenvalue weighted by atomic mass is 16.5. The maximum Gasteiger partial charge on any atom is 0.303 e. The minimum Gasteiger partial charge on any atom is -0.481 e. The fourth-order valence-corrected chi connectivity index (χ4v) is 3.17. The third-order valence-corrected chi connectivity index (χ3v) is 4.31. The van der Waals surface area contributed by atoms with Gasteiger partial charge in [0.25, 0.3) is 0 Å². The highest BCUT2D eigenvalue weighted by Gasteiger charge is 2.33. The van der Waals surface area contributed by atoms with Gasteiger partial charge in [-0.2, -0.15) is 0 Å². The number of nitrogens with zero attached hydrogens (tertiary/aromatic N) is 2. The molecule has 0 amide bonds. The van der Waals surface area contributed by atoms with E-state index in [1.54, 1.807) is 6.20 Å². The van der Waals surface area contributed by atoms with Crippen LogP contribution in [0.2, 0.25) is 0 Å². The smallest absolute Gasteiger partial charge is 0.303 e. The maximum atomic E-state index is 10.4. The summed E-state index contributed by atoms with van der Waals surface area (Å²) < 4.78 is 5.83. The van der Waals surface area contributed by atoms with Crippen molar-refractivity contribution in [2.24, 2.45) is 5.92 Å². The number of carboxylic acids is 1. The normalized spacial score (nSPS) is 22.0. The monoisotopic (exact) mass is 306 g/mol. The Balaban J connectivity index is 1.69. The zero-order valence-corrected chi connectivity index (χ0v) is 13.3. The van der Waals surface area contributed by atoms with Gasteiger partial charge >= 0.3 is 5.97 Å². The molecule has 1 saturated heterocycles. The minimum atomic E-state index is -0.714. The van der Waals surface area contributed by atoms with E-state index in [2.05, 4.69) is 23.0 Å². The summed E-state index contributed by atoms with van der Waals surface area (Å²) in [5, 5.41) is 8.58. The van der Waals surface area contributed by atoms with Crippen LogP contribution in [-0.2, 0) is 9.53 Å². The molecular weight excluding hydrogens is 280 g/mol. The van der Waals surface area contributed by atoms with Gasteiger partial charge in [-0.1, -0.05) is 12.5 Å². The molecule has 1 aliphatic heterocycles. The number of rotatable bonds is 9. The van der Waals surface area contributed by atoms with Crippen molar-refractivity contribution in [3.8, 4) is 0 Å². The van der Waals surface area contributed by atoms with Crippen LogP contribution >= 0.6 is 0 Å². The van der Waals surface area contributed by atoms with Gasteiger partial charge < -0.3 is 9.84 Å². The van der Waals surface area contributed by atoms with Crippen molar-refractivity contribution in [3.63, 3.8) is 0 Å². The molecule has 1 aromatic rings. The summed E-state index contributed by atoms with van der Waals surface area (Å²) in [5.41, 5.74) is 1.26. The first-order valence-electron chi connectivity index (χ1n) is 8.08. The SMILES string of the molecule is CN1CCC(COCCCCCC(=O)O)C1c1cccnc1. The predicted molar refractivity (Wildman–Crippen MR) is 84.6 cm³/mol. The molecule has 1 aliphatic rings. The average Bonchev–Trinajstić information content (AvgIpc) is 2.88. The Morgan fingerprint density at radius 3 is 3.05 bits per heavy atom. The van der Waals surface area contributed by atoms with Crippen molar-refractivity contribution >= 4 is 5.97 Å². The topological polar surface area (TPSA) is 62.7 Å². The Morgan fingerprint density at radius 2 is 2.32 bits per heavy atom. The summed E-state index contributed by atoms with van der Waals surface area (Å²) in [6.07, 6.45) is 7.76. The van der Waals surface area contributed by atoms with Crippen LogP contribution in [0.4, 0.5) is 0 Å². The van der Waals surface area contributed by atoms with Gasteiger partial charge in [0.15, 0.2) is 0 Å². The maximum absolute atomic E-state index is 10.4. The van der Waals surface area contributed by atoms with Crippen LogP contribution in [-0.4, -0.2) is 47.8 Å². The molecule has 2 rings (SSSR count). The molecular formula is C17H26N2O3. The second-order valence-corrected chi connectivity index (χ2v) is 6.04. The van der Waals surface area contributed by atoms with Crippen molar-refractivity contribution in [1.29, 1.82) is 0 Å². The molecule has 2 heterocycles. The second-order valence-electron chi connectivity index (χ2n) is 6.04. The van der Waals surface area contributed by atoms with Crippen LogP contribution in [0.25, 0.3) is 0 Å². The molecule has 1 aromatic heterocycles. The number of unbranched alkanes of at least 4 members (excludes halogenated alkanes) is 2. The lowest BCUT2D eigenvalue weighted by Gasteiger charge is -2.25. The molecule has 22 heavy (non-hydrogen) atoms. The standard InChI is InChI=1S/C17H26N2O3/c1-19-10-8-15(17(19)14-6-5-9-18-12-14)13-22-11-4-2-3-7-16(20)21/h5-6,9,12,15,17H,2-4,7-8,10-11,13H2,1H3,(H,20,21). The number of carbonyl (C=O) groups is 1. The van der Waals surface area contributed by atoms with E-state index in [1.807, 2.05) is 12.3 Å². The lowest BCUT2D eigenvalue weighted by Crippen LogP contribution is -2.23. The van der Waals surface area contributed by atoms with Gasteiger partial charge in [0.2, 0.25) is 0 Å². The third kappa shape index (κ3) is 5.07. The fourth-order valence-electron chi connectivity index (χ4n) is 3.17. The molecule has 0 saturated carbocycles. The molecule has 2 atom stereocenters. The predicted octanol–water partition coefficient (Wildman–Crippen LogP) is 2.74. The molecule has 2 unspecified atom stereocenters. The zero-order valence-electron chi connectivity index (χ0n) is 13.3. The number of aromatic nitrogens is 1. The van der Waals surface area contributed by atoms with Crippen molar-refractivity contribution in [2.75, 3.05) is 26.8 Å². The first kappa shape index (κ1) is 16.9. The molecule has 0 aliphatic carbocycles. The van der Waals surface area contributed by atoms with Gasteiger partial charge in [0, 0.05) is 37.4 Å². The van der Waals surface area contributed by atoms with E-state index in [4.69, 9.17) is 9.84 Å². The minimum absolute atomic E-state index is 0.260. The third-order valence-electron chi connectivity index (χ3n) is 4.31. The van der Waals surface area contributed by atoms with Crippen molar-refractivity contribution < 1.29 is 14.6 Å². The van der Waals surface area contributed by atoms with Gasteiger partial charge in [-0.3, -0.25) is 14.7 Å². The van der Waals surface area contributed by atoms with Crippen molar-refractivity contribution in [1.82, 2.24) is 9.88 Å². The van der Waals surface area contributed by atoms with Crippen LogP contribution in [0.3, 0.4) is 0 Å². The Morgan fingerprint density at radius 1 is 1.45 bits per heavy atom. The largest absolute Gasteiger partial charge is 0.481 e. The number of carboxylic acid groups (broad SMARTS) is 1. The molecule has 0 radical (unpaired) electrons. The van der Waals surface area contributed by atoms with Crippen LogP contribution in [0.1, 0.15) is 43.7 Å². The summed E-state index contributed by atoms with van der Waals surface area (Å²) in [5.74, 6) is -0.206. The van der Waals surface area contributed by atoms with Gasteiger partial charge in [0.05, 0.1) is 6.61 Å². The first-order chi connectivity index (χ1) is 10.7. The lowest BCUT2D eigenvalue weighted by molar-refractivity contribution is -0.137. The Hall–Kier alpha value is -1.46. The number of aliphatic carboxylic acids is 1. The van der Waals surface area contributed by atoms with Crippen molar-refractivity contribution in [2.45, 2.75) is 38.1 Å². The fraction of sp³-hybridized carbons (Fsp3) is 0.647. The molecule has 5 nitrogen and oxygen atoms in total. The number of hydrogen-bond acceptors (Lipinski definition) is 4.